The number of carbonyl (C=O) groups is 6. The van der Waals surface area contributed by atoms with Gasteiger partial charge >= 0.3 is 0 Å². The standard InChI is InChI=1S/C39H46N10O8/c1-46(2)16-6-12-43-37(53)32-21-27(23-47(32)3)45-33(50)9-5-11-42-35(51)25-17-26(36(52)44-15-14-41-13-10-40)20-28(19-25)48-38(54)30-8-4-7-24-18-29(49(56)57)22-31(34(24)30)39(48)55/h4,7-8,17-23,41H,5-6,9-16,40H2,1-3H3,(H,42,51)(H,43,53)(H,44,52)(H,45,50). The number of rotatable bonds is 19. The van der Waals surface area contributed by atoms with Crippen molar-refractivity contribution in [2.75, 3.05) is 70.1 Å². The summed E-state index contributed by atoms with van der Waals surface area (Å²) in [6.07, 6.45) is 2.68. The first-order valence-electron chi connectivity index (χ1n) is 18.4. The summed E-state index contributed by atoms with van der Waals surface area (Å²) in [5.74, 6) is -3.43. The maximum atomic E-state index is 14.0. The zero-order valence-electron chi connectivity index (χ0n) is 32.0. The summed E-state index contributed by atoms with van der Waals surface area (Å²) in [6, 6.07) is 12.5. The molecule has 1 aliphatic heterocycles. The van der Waals surface area contributed by atoms with E-state index in [0.29, 0.717) is 42.9 Å². The second-order valence-electron chi connectivity index (χ2n) is 13.7. The molecule has 0 saturated heterocycles. The number of nitro groups is 1. The van der Waals surface area contributed by atoms with E-state index in [1.807, 2.05) is 19.0 Å². The highest BCUT2D eigenvalue weighted by molar-refractivity contribution is 6.36. The Labute approximate surface area is 328 Å². The number of aromatic nitrogens is 1. The molecule has 57 heavy (non-hydrogen) atoms. The van der Waals surface area contributed by atoms with Gasteiger partial charge < -0.3 is 41.8 Å². The van der Waals surface area contributed by atoms with Gasteiger partial charge in [-0.3, -0.25) is 38.9 Å². The van der Waals surface area contributed by atoms with Crippen LogP contribution >= 0.6 is 0 Å². The van der Waals surface area contributed by atoms with E-state index in [-0.39, 0.29) is 76.8 Å². The van der Waals surface area contributed by atoms with Crippen LogP contribution in [0.2, 0.25) is 0 Å². The number of nitrogens with two attached hydrogens (primary N) is 1. The highest BCUT2D eigenvalue weighted by Gasteiger charge is 2.36. The van der Waals surface area contributed by atoms with Crippen molar-refractivity contribution in [1.29, 1.82) is 0 Å². The van der Waals surface area contributed by atoms with Crippen LogP contribution in [0.1, 0.15) is 71.2 Å². The first-order valence-corrected chi connectivity index (χ1v) is 18.4. The number of nitrogens with one attached hydrogen (secondary N) is 5. The van der Waals surface area contributed by atoms with E-state index in [4.69, 9.17) is 5.73 Å². The van der Waals surface area contributed by atoms with Gasteiger partial charge in [0.15, 0.2) is 0 Å². The smallest absolute Gasteiger partial charge is 0.270 e. The summed E-state index contributed by atoms with van der Waals surface area (Å²) < 4.78 is 1.62. The lowest BCUT2D eigenvalue weighted by Crippen LogP contribution is -2.41. The molecule has 0 saturated carbocycles. The molecule has 0 unspecified atom stereocenters. The Bertz CT molecular complexity index is 2220. The van der Waals surface area contributed by atoms with E-state index in [2.05, 4.69) is 26.6 Å². The number of amides is 6. The van der Waals surface area contributed by atoms with Crippen molar-refractivity contribution < 1.29 is 33.7 Å². The van der Waals surface area contributed by atoms with Crippen LogP contribution in [0.4, 0.5) is 17.1 Å². The lowest BCUT2D eigenvalue weighted by molar-refractivity contribution is -0.384. The maximum Gasteiger partial charge on any atom is 0.270 e. The molecule has 7 N–H and O–H groups in total. The van der Waals surface area contributed by atoms with Crippen molar-refractivity contribution >= 4 is 63.3 Å². The van der Waals surface area contributed by atoms with Gasteiger partial charge in [0.2, 0.25) is 5.91 Å². The quantitative estimate of drug-likeness (QED) is 0.0348. The molecule has 1 aromatic heterocycles. The van der Waals surface area contributed by atoms with E-state index >= 15 is 0 Å². The second kappa shape index (κ2) is 18.9. The fourth-order valence-electron chi connectivity index (χ4n) is 6.35. The third-order valence-electron chi connectivity index (χ3n) is 9.10. The van der Waals surface area contributed by atoms with Gasteiger partial charge in [0.1, 0.15) is 5.69 Å². The Kier molecular flexibility index (Phi) is 13.8. The van der Waals surface area contributed by atoms with E-state index in [9.17, 15) is 38.9 Å². The van der Waals surface area contributed by atoms with Gasteiger partial charge in [-0.15, -0.1) is 0 Å². The molecule has 2 heterocycles. The Balaban J connectivity index is 1.28. The van der Waals surface area contributed by atoms with Gasteiger partial charge in [-0.1, -0.05) is 12.1 Å². The molecule has 1 aliphatic rings. The number of benzene rings is 3. The van der Waals surface area contributed by atoms with Crippen LogP contribution in [0.25, 0.3) is 10.8 Å². The Hall–Kier alpha value is -6.50. The number of hydrogen-bond donors (Lipinski definition) is 6. The number of nitro benzene ring substituents is 1. The summed E-state index contributed by atoms with van der Waals surface area (Å²) in [4.78, 5) is 94.0. The van der Waals surface area contributed by atoms with Gasteiger partial charge in [0, 0.05) is 93.1 Å². The summed E-state index contributed by atoms with van der Waals surface area (Å²) in [7, 11) is 5.61. The van der Waals surface area contributed by atoms with Crippen molar-refractivity contribution in [1.82, 2.24) is 30.7 Å². The van der Waals surface area contributed by atoms with E-state index in [1.54, 1.807) is 36.0 Å². The molecule has 0 radical (unpaired) electrons. The Morgan fingerprint density at radius 3 is 2.16 bits per heavy atom. The number of aryl methyl sites for hydroxylation is 1. The third kappa shape index (κ3) is 10.2. The third-order valence-corrected chi connectivity index (χ3v) is 9.10. The first-order chi connectivity index (χ1) is 27.3. The fourth-order valence-corrected chi connectivity index (χ4v) is 6.35. The lowest BCUT2D eigenvalue weighted by Gasteiger charge is -2.27. The van der Waals surface area contributed by atoms with Gasteiger partial charge in [-0.25, -0.2) is 4.90 Å². The topological polar surface area (TPSA) is 243 Å². The molecule has 0 atom stereocenters. The number of hydrogen-bond acceptors (Lipinski definition) is 11. The molecule has 6 amide bonds. The average molecular weight is 783 g/mol. The zero-order valence-corrected chi connectivity index (χ0v) is 32.0. The molecular weight excluding hydrogens is 736 g/mol. The zero-order chi connectivity index (χ0) is 41.2. The summed E-state index contributed by atoms with van der Waals surface area (Å²) in [6.45, 7) is 2.95. The minimum atomic E-state index is -0.862. The normalized spacial score (nSPS) is 12.2. The molecule has 18 nitrogen and oxygen atoms in total. The van der Waals surface area contributed by atoms with E-state index in [1.165, 1.54) is 30.3 Å². The molecule has 18 heteroatoms. The second-order valence-corrected chi connectivity index (χ2v) is 13.7. The predicted molar refractivity (Wildman–Crippen MR) is 214 cm³/mol. The van der Waals surface area contributed by atoms with Crippen LogP contribution in [-0.2, 0) is 11.8 Å². The van der Waals surface area contributed by atoms with Crippen molar-refractivity contribution in [3.63, 3.8) is 0 Å². The Morgan fingerprint density at radius 2 is 1.47 bits per heavy atom. The summed E-state index contributed by atoms with van der Waals surface area (Å²) >= 11 is 0. The van der Waals surface area contributed by atoms with Crippen LogP contribution in [0.15, 0.2) is 60.8 Å². The lowest BCUT2D eigenvalue weighted by atomic mass is 9.92. The predicted octanol–water partition coefficient (Wildman–Crippen LogP) is 2.00. The molecule has 4 aromatic rings. The Morgan fingerprint density at radius 1 is 0.807 bits per heavy atom. The summed E-state index contributed by atoms with van der Waals surface area (Å²) in [5.41, 5.74) is 5.86. The molecular formula is C39H46N10O8. The highest BCUT2D eigenvalue weighted by Crippen LogP contribution is 2.36. The van der Waals surface area contributed by atoms with Crippen LogP contribution in [0.5, 0.6) is 0 Å². The van der Waals surface area contributed by atoms with Gasteiger partial charge in [-0.05, 0) is 69.2 Å². The number of carbonyl (C=O) groups excluding carboxylic acids is 6. The summed E-state index contributed by atoms with van der Waals surface area (Å²) in [5, 5.41) is 26.4. The van der Waals surface area contributed by atoms with E-state index in [0.717, 1.165) is 23.9 Å². The average Bonchev–Trinajstić information content (AvgIpc) is 3.55. The fraction of sp³-hybridized carbons (Fsp3) is 0.333. The first kappa shape index (κ1) is 41.7. The number of nitrogens with zero attached hydrogens (tertiary/aromatic N) is 4. The molecule has 0 aliphatic carbocycles. The van der Waals surface area contributed by atoms with Gasteiger partial charge in [0.05, 0.1) is 21.9 Å². The van der Waals surface area contributed by atoms with Crippen molar-refractivity contribution in [3.05, 3.63) is 98.9 Å². The van der Waals surface area contributed by atoms with Crippen LogP contribution < -0.4 is 37.2 Å². The van der Waals surface area contributed by atoms with Gasteiger partial charge in [-0.2, -0.15) is 0 Å². The molecule has 3 aromatic carbocycles. The monoisotopic (exact) mass is 782 g/mol. The number of non-ortho nitro benzene ring substituents is 1. The minimum Gasteiger partial charge on any atom is -0.352 e. The maximum absolute atomic E-state index is 14.0. The van der Waals surface area contributed by atoms with Crippen LogP contribution in [-0.4, -0.2) is 110 Å². The van der Waals surface area contributed by atoms with Crippen molar-refractivity contribution in [2.24, 2.45) is 12.8 Å². The highest BCUT2D eigenvalue weighted by atomic mass is 16.6. The molecule has 0 fully saturated rings. The van der Waals surface area contributed by atoms with Gasteiger partial charge in [0.25, 0.3) is 35.2 Å². The molecule has 300 valence electrons. The largest absolute Gasteiger partial charge is 0.352 e. The van der Waals surface area contributed by atoms with Crippen LogP contribution in [0, 0.1) is 10.1 Å². The SMILES string of the molecule is CN(C)CCCNC(=O)c1cc(NC(=O)CCCNC(=O)c2cc(C(=O)NCCNCCN)cc(N3C(=O)c4cccc5cc([N+](=O)[O-])cc(c45)C3=O)c2)cn1C. The minimum absolute atomic E-state index is 0.0241. The van der Waals surface area contributed by atoms with E-state index < -0.39 is 28.6 Å². The van der Waals surface area contributed by atoms with Crippen LogP contribution in [0.3, 0.4) is 0 Å². The molecule has 5 rings (SSSR count). The number of anilines is 2. The van der Waals surface area contributed by atoms with Crippen molar-refractivity contribution in [3.8, 4) is 0 Å². The molecule has 0 spiro atoms. The molecule has 0 bridgehead atoms. The van der Waals surface area contributed by atoms with Crippen molar-refractivity contribution in [2.45, 2.75) is 19.3 Å². The number of imide groups is 1.